The van der Waals surface area contributed by atoms with Crippen LogP contribution in [-0.2, 0) is 4.79 Å². The van der Waals surface area contributed by atoms with E-state index in [2.05, 4.69) is 22.8 Å². The number of carbonyl (C=O) groups excluding carboxylic acids is 1. The van der Waals surface area contributed by atoms with Gasteiger partial charge in [-0.15, -0.1) is 0 Å². The summed E-state index contributed by atoms with van der Waals surface area (Å²) in [5.74, 6) is 1.30. The molecule has 36 heavy (non-hydrogen) atoms. The van der Waals surface area contributed by atoms with Gasteiger partial charge >= 0.3 is 0 Å². The van der Waals surface area contributed by atoms with E-state index in [-0.39, 0.29) is 18.6 Å². The van der Waals surface area contributed by atoms with Crippen LogP contribution >= 0.6 is 0 Å². The third-order valence-electron chi connectivity index (χ3n) is 6.53. The van der Waals surface area contributed by atoms with E-state index in [1.165, 1.54) is 19.1 Å². The first-order chi connectivity index (χ1) is 17.5. The molecule has 0 spiro atoms. The molecule has 1 heterocycles. The molecule has 188 valence electrons. The molecule has 0 saturated heterocycles. The molecule has 0 atom stereocenters. The second-order valence-electron chi connectivity index (χ2n) is 9.35. The smallest absolute Gasteiger partial charge is 0.258 e. The average Bonchev–Trinajstić information content (AvgIpc) is 3.41. The number of hydrogen-bond acceptors (Lipinski definition) is 6. The highest BCUT2D eigenvalue weighted by atomic mass is 16.5. The summed E-state index contributed by atoms with van der Waals surface area (Å²) in [4.78, 5) is 17.3. The van der Waals surface area contributed by atoms with Crippen molar-refractivity contribution in [3.63, 3.8) is 0 Å². The van der Waals surface area contributed by atoms with Crippen molar-refractivity contribution < 1.29 is 9.53 Å². The minimum Gasteiger partial charge on any atom is -0.484 e. The lowest BCUT2D eigenvalue weighted by Crippen LogP contribution is -2.36. The number of nitrogens with zero attached hydrogens (tertiary/aromatic N) is 1. The minimum absolute atomic E-state index is 0.00338. The predicted molar refractivity (Wildman–Crippen MR) is 148 cm³/mol. The Kier molecular flexibility index (Phi) is 8.55. The minimum atomic E-state index is -0.0768. The van der Waals surface area contributed by atoms with Gasteiger partial charge in [0.25, 0.3) is 5.91 Å². The highest BCUT2D eigenvalue weighted by Crippen LogP contribution is 2.26. The van der Waals surface area contributed by atoms with Crippen molar-refractivity contribution in [3.05, 3.63) is 71.3 Å². The van der Waals surface area contributed by atoms with E-state index in [0.717, 1.165) is 60.5 Å². The van der Waals surface area contributed by atoms with E-state index >= 15 is 0 Å². The molecule has 0 bridgehead atoms. The van der Waals surface area contributed by atoms with Gasteiger partial charge in [-0.25, -0.2) is 4.99 Å². The van der Waals surface area contributed by atoms with Crippen LogP contribution in [0.5, 0.6) is 5.75 Å². The van der Waals surface area contributed by atoms with Crippen molar-refractivity contribution in [2.45, 2.75) is 57.9 Å². The first kappa shape index (κ1) is 25.2. The quantitative estimate of drug-likeness (QED) is 0.298. The molecule has 1 amide bonds. The van der Waals surface area contributed by atoms with Crippen LogP contribution in [0, 0.1) is 5.41 Å². The maximum Gasteiger partial charge on any atom is 0.258 e. The molecule has 2 aromatic rings. The van der Waals surface area contributed by atoms with Gasteiger partial charge in [-0.2, -0.15) is 0 Å². The monoisotopic (exact) mass is 485 g/mol. The maximum absolute atomic E-state index is 12.3. The van der Waals surface area contributed by atoms with Gasteiger partial charge in [0, 0.05) is 34.8 Å². The molecule has 5 N–H and O–H groups in total. The van der Waals surface area contributed by atoms with Crippen molar-refractivity contribution in [2.24, 2.45) is 4.99 Å². The molecule has 0 aromatic heterocycles. The van der Waals surface area contributed by atoms with Gasteiger partial charge < -0.3 is 26.5 Å². The fourth-order valence-corrected chi connectivity index (χ4v) is 4.48. The summed E-state index contributed by atoms with van der Waals surface area (Å²) in [6.45, 7) is 2.05. The normalized spacial score (nSPS) is 16.5. The number of nitrogens with one attached hydrogen (secondary N) is 3. The molecule has 7 nitrogen and oxygen atoms in total. The molecule has 2 aromatic carbocycles. The summed E-state index contributed by atoms with van der Waals surface area (Å²) in [5.41, 5.74) is 10.8. The van der Waals surface area contributed by atoms with Crippen LogP contribution in [0.3, 0.4) is 0 Å². The van der Waals surface area contributed by atoms with E-state index in [1.807, 2.05) is 43.3 Å². The van der Waals surface area contributed by atoms with Crippen molar-refractivity contribution in [3.8, 4) is 5.75 Å². The Balaban J connectivity index is 1.53. The van der Waals surface area contributed by atoms with E-state index in [9.17, 15) is 4.79 Å². The molecule has 1 aliphatic carbocycles. The van der Waals surface area contributed by atoms with E-state index < -0.39 is 0 Å². The standard InChI is InChI=1S/C29H35N5O2/c1-20-8-3-2-4-13-27(34-29(20)33-24-14-15-26(31)22(16-24)18-30)21-9-7-12-25(17-21)36-19-28(35)32-23-10-5-6-11-23/h7-9,12-18,23,30H,2-6,10-11,19,31H2,1H3,(H,32,35)(H,33,34). The van der Waals surface area contributed by atoms with Gasteiger partial charge in [0.1, 0.15) is 11.6 Å². The van der Waals surface area contributed by atoms with Crippen LogP contribution in [0.4, 0.5) is 11.4 Å². The number of rotatable bonds is 7. The zero-order valence-corrected chi connectivity index (χ0v) is 20.8. The fourth-order valence-electron chi connectivity index (χ4n) is 4.48. The molecule has 1 fully saturated rings. The third kappa shape index (κ3) is 6.84. The number of carbonyl (C=O) groups is 1. The van der Waals surface area contributed by atoms with Gasteiger partial charge in [-0.05, 0) is 74.9 Å². The van der Waals surface area contributed by atoms with Crippen LogP contribution in [0.25, 0.3) is 5.70 Å². The molecular formula is C29H35N5O2. The molecule has 2 aliphatic rings. The number of aliphatic imine (C=N–C) groups is 1. The summed E-state index contributed by atoms with van der Waals surface area (Å²) < 4.78 is 5.82. The molecule has 0 unspecified atom stereocenters. The van der Waals surface area contributed by atoms with Gasteiger partial charge in [-0.1, -0.05) is 37.1 Å². The Morgan fingerprint density at radius 2 is 1.94 bits per heavy atom. The predicted octanol–water partition coefficient (Wildman–Crippen LogP) is 5.69. The number of anilines is 2. The van der Waals surface area contributed by atoms with Crippen LogP contribution in [0.2, 0.25) is 0 Å². The van der Waals surface area contributed by atoms with Crippen molar-refractivity contribution in [1.29, 1.82) is 5.41 Å². The fraction of sp³-hybridized carbons (Fsp3) is 0.345. The number of nitrogen functional groups attached to an aromatic ring is 1. The molecule has 1 aliphatic heterocycles. The third-order valence-corrected chi connectivity index (χ3v) is 6.53. The molecule has 7 heteroatoms. The van der Waals surface area contributed by atoms with Crippen molar-refractivity contribution >= 4 is 35.0 Å². The Hall–Kier alpha value is -3.87. The molecule has 1 saturated carbocycles. The van der Waals surface area contributed by atoms with E-state index in [4.69, 9.17) is 20.9 Å². The maximum atomic E-state index is 12.3. The summed E-state index contributed by atoms with van der Waals surface area (Å²) >= 11 is 0. The summed E-state index contributed by atoms with van der Waals surface area (Å²) in [5, 5.41) is 14.1. The Morgan fingerprint density at radius 1 is 1.14 bits per heavy atom. The summed E-state index contributed by atoms with van der Waals surface area (Å²) in [6, 6.07) is 13.5. The Labute approximate surface area is 213 Å². The molecule has 4 rings (SSSR count). The molecule has 0 radical (unpaired) electrons. The number of amides is 1. The lowest BCUT2D eigenvalue weighted by Gasteiger charge is -2.14. The Morgan fingerprint density at radius 3 is 2.75 bits per heavy atom. The SMILES string of the molecule is CC1=CCCCC=C(c2cccc(OCC(=O)NC3CCCC3)c2)N=C1Nc1ccc(N)c(C=N)c1. The zero-order chi connectivity index (χ0) is 25.3. The second-order valence-corrected chi connectivity index (χ2v) is 9.35. The summed E-state index contributed by atoms with van der Waals surface area (Å²) in [7, 11) is 0. The van der Waals surface area contributed by atoms with Crippen molar-refractivity contribution in [2.75, 3.05) is 17.7 Å². The number of hydrogen-bond donors (Lipinski definition) is 4. The molecular weight excluding hydrogens is 450 g/mol. The summed E-state index contributed by atoms with van der Waals surface area (Å²) in [6.07, 6.45) is 12.9. The lowest BCUT2D eigenvalue weighted by molar-refractivity contribution is -0.123. The van der Waals surface area contributed by atoms with Crippen LogP contribution in [-0.4, -0.2) is 30.6 Å². The first-order valence-corrected chi connectivity index (χ1v) is 12.7. The second kappa shape index (κ2) is 12.2. The number of amidine groups is 1. The first-order valence-electron chi connectivity index (χ1n) is 12.7. The number of benzene rings is 2. The van der Waals surface area contributed by atoms with Crippen LogP contribution < -0.4 is 21.1 Å². The largest absolute Gasteiger partial charge is 0.484 e. The highest BCUT2D eigenvalue weighted by Gasteiger charge is 2.17. The van der Waals surface area contributed by atoms with Crippen molar-refractivity contribution in [1.82, 2.24) is 5.32 Å². The lowest BCUT2D eigenvalue weighted by atomic mass is 10.1. The van der Waals surface area contributed by atoms with E-state index in [0.29, 0.717) is 17.0 Å². The van der Waals surface area contributed by atoms with Gasteiger partial charge in [0.15, 0.2) is 6.61 Å². The van der Waals surface area contributed by atoms with Gasteiger partial charge in [0.05, 0.1) is 5.70 Å². The number of nitrogens with two attached hydrogens (primary N) is 1. The number of allylic oxidation sites excluding steroid dienone is 2. The van der Waals surface area contributed by atoms with Gasteiger partial charge in [-0.3, -0.25) is 4.79 Å². The van der Waals surface area contributed by atoms with Crippen LogP contribution in [0.1, 0.15) is 63.0 Å². The highest BCUT2D eigenvalue weighted by molar-refractivity contribution is 6.10. The number of ether oxygens (including phenoxy) is 1. The Bertz CT molecular complexity index is 1190. The topological polar surface area (TPSA) is 113 Å². The van der Waals surface area contributed by atoms with Crippen LogP contribution in [0.15, 0.2) is 65.2 Å². The average molecular weight is 486 g/mol. The van der Waals surface area contributed by atoms with E-state index in [1.54, 1.807) is 6.07 Å². The zero-order valence-electron chi connectivity index (χ0n) is 20.8. The van der Waals surface area contributed by atoms with Gasteiger partial charge in [0.2, 0.25) is 0 Å².